The molecule has 0 heterocycles. The van der Waals surface area contributed by atoms with Crippen LogP contribution in [0.5, 0.6) is 0 Å². The second-order valence-corrected chi connectivity index (χ2v) is 3.03. The molecule has 1 N–H and O–H groups in total. The van der Waals surface area contributed by atoms with Crippen molar-refractivity contribution in [2.75, 3.05) is 6.67 Å². The van der Waals surface area contributed by atoms with Gasteiger partial charge in [-0.15, -0.1) is 0 Å². The van der Waals surface area contributed by atoms with E-state index in [1.807, 2.05) is 6.92 Å². The number of unbranched alkanes of at least 4 members (excludes halogenated alkanes) is 1. The first-order valence-corrected chi connectivity index (χ1v) is 4.50. The van der Waals surface area contributed by atoms with Crippen LogP contribution in [0, 0.1) is 5.92 Å². The second-order valence-electron chi connectivity index (χ2n) is 3.03. The maximum absolute atomic E-state index is 12.0. The lowest BCUT2D eigenvalue weighted by Crippen LogP contribution is -2.21. The highest BCUT2D eigenvalue weighted by atomic mass is 19.1. The van der Waals surface area contributed by atoms with Gasteiger partial charge in [-0.2, -0.15) is 0 Å². The summed E-state index contributed by atoms with van der Waals surface area (Å²) in [6, 6.07) is 0. The molecular formula is C9H19FO. The molecule has 0 aliphatic carbocycles. The van der Waals surface area contributed by atoms with Crippen molar-refractivity contribution in [1.82, 2.24) is 0 Å². The quantitative estimate of drug-likeness (QED) is 0.636. The van der Waals surface area contributed by atoms with Gasteiger partial charge in [0.25, 0.3) is 0 Å². The molecule has 0 aromatic heterocycles. The lowest BCUT2D eigenvalue weighted by Gasteiger charge is -2.18. The maximum atomic E-state index is 12.0. The topological polar surface area (TPSA) is 20.2 Å². The van der Waals surface area contributed by atoms with E-state index in [0.717, 1.165) is 25.7 Å². The van der Waals surface area contributed by atoms with E-state index in [2.05, 4.69) is 6.92 Å². The lowest BCUT2D eigenvalue weighted by atomic mass is 9.94. The van der Waals surface area contributed by atoms with Crippen molar-refractivity contribution < 1.29 is 9.50 Å². The average Bonchev–Trinajstić information content (AvgIpc) is 2.05. The van der Waals surface area contributed by atoms with Crippen molar-refractivity contribution in [3.63, 3.8) is 0 Å². The summed E-state index contributed by atoms with van der Waals surface area (Å²) in [5, 5.41) is 9.17. The van der Waals surface area contributed by atoms with Crippen LogP contribution < -0.4 is 0 Å². The minimum atomic E-state index is -0.730. The number of hydrogen-bond acceptors (Lipinski definition) is 1. The van der Waals surface area contributed by atoms with E-state index in [1.54, 1.807) is 0 Å². The molecule has 0 aliphatic rings. The third kappa shape index (κ3) is 4.35. The van der Waals surface area contributed by atoms with E-state index in [1.165, 1.54) is 0 Å². The van der Waals surface area contributed by atoms with E-state index in [4.69, 9.17) is 5.11 Å². The summed E-state index contributed by atoms with van der Waals surface area (Å²) in [5.74, 6) is 0.167. The van der Waals surface area contributed by atoms with Crippen LogP contribution in [0.4, 0.5) is 4.39 Å². The molecule has 2 heteroatoms. The molecule has 2 atom stereocenters. The largest absolute Gasteiger partial charge is 0.390 e. The molecule has 0 aromatic rings. The Balaban J connectivity index is 3.56. The Bertz CT molecular complexity index is 85.6. The summed E-state index contributed by atoms with van der Waals surface area (Å²) in [7, 11) is 0. The van der Waals surface area contributed by atoms with E-state index < -0.39 is 12.8 Å². The maximum Gasteiger partial charge on any atom is 0.116 e. The van der Waals surface area contributed by atoms with E-state index in [0.29, 0.717) is 0 Å². The summed E-state index contributed by atoms with van der Waals surface area (Å²) in [4.78, 5) is 0. The van der Waals surface area contributed by atoms with Gasteiger partial charge >= 0.3 is 0 Å². The Morgan fingerprint density at radius 2 is 2.00 bits per heavy atom. The predicted octanol–water partition coefficient (Wildman–Crippen LogP) is 2.53. The average molecular weight is 162 g/mol. The zero-order chi connectivity index (χ0) is 8.69. The molecule has 0 aromatic carbocycles. The number of rotatable bonds is 6. The number of aliphatic hydroxyl groups is 1. The van der Waals surface area contributed by atoms with Crippen molar-refractivity contribution in [2.45, 2.75) is 45.6 Å². The summed E-state index contributed by atoms with van der Waals surface area (Å²) in [6.45, 7) is 3.51. The summed E-state index contributed by atoms with van der Waals surface area (Å²) in [5.41, 5.74) is 0. The van der Waals surface area contributed by atoms with Crippen LogP contribution >= 0.6 is 0 Å². The predicted molar refractivity (Wildman–Crippen MR) is 45.3 cm³/mol. The second kappa shape index (κ2) is 6.59. The number of alkyl halides is 1. The normalized spacial score (nSPS) is 16.4. The molecule has 0 saturated heterocycles. The molecule has 0 unspecified atom stereocenters. The minimum absolute atomic E-state index is 0.167. The Kier molecular flexibility index (Phi) is 6.52. The van der Waals surface area contributed by atoms with Crippen LogP contribution in [0.2, 0.25) is 0 Å². The van der Waals surface area contributed by atoms with Crippen molar-refractivity contribution in [3.05, 3.63) is 0 Å². The van der Waals surface area contributed by atoms with Gasteiger partial charge in [-0.1, -0.05) is 33.1 Å². The highest BCUT2D eigenvalue weighted by molar-refractivity contribution is 4.66. The van der Waals surface area contributed by atoms with Crippen LogP contribution in [0.15, 0.2) is 0 Å². The fourth-order valence-corrected chi connectivity index (χ4v) is 1.26. The van der Waals surface area contributed by atoms with E-state index >= 15 is 0 Å². The first kappa shape index (κ1) is 10.9. The highest BCUT2D eigenvalue weighted by Gasteiger charge is 2.15. The number of aliphatic hydroxyl groups excluding tert-OH is 1. The first-order valence-electron chi connectivity index (χ1n) is 4.50. The molecule has 68 valence electrons. The zero-order valence-corrected chi connectivity index (χ0v) is 7.52. The fraction of sp³-hybridized carbons (Fsp3) is 1.00. The summed E-state index contributed by atoms with van der Waals surface area (Å²) < 4.78 is 12.0. The Hall–Kier alpha value is -0.110. The van der Waals surface area contributed by atoms with Gasteiger partial charge in [-0.05, 0) is 12.3 Å². The first-order chi connectivity index (χ1) is 5.26. The molecule has 0 radical (unpaired) electrons. The van der Waals surface area contributed by atoms with Gasteiger partial charge < -0.3 is 5.11 Å². The van der Waals surface area contributed by atoms with Gasteiger partial charge in [0.05, 0.1) is 6.10 Å². The van der Waals surface area contributed by atoms with E-state index in [-0.39, 0.29) is 5.92 Å². The van der Waals surface area contributed by atoms with Crippen LogP contribution in [-0.4, -0.2) is 17.9 Å². The van der Waals surface area contributed by atoms with Crippen LogP contribution in [0.3, 0.4) is 0 Å². The van der Waals surface area contributed by atoms with Crippen molar-refractivity contribution in [3.8, 4) is 0 Å². The molecule has 0 aliphatic heterocycles. The molecule has 1 nitrogen and oxygen atoms in total. The number of halogens is 1. The van der Waals surface area contributed by atoms with Crippen molar-refractivity contribution in [2.24, 2.45) is 5.92 Å². The molecule has 0 bridgehead atoms. The molecule has 0 spiro atoms. The molecule has 0 rings (SSSR count). The number of hydrogen-bond donors (Lipinski definition) is 1. The Labute approximate surface area is 68.6 Å². The molecule has 0 amide bonds. The molecule has 0 saturated carbocycles. The third-order valence-corrected chi connectivity index (χ3v) is 2.16. The van der Waals surface area contributed by atoms with Crippen LogP contribution in [0.25, 0.3) is 0 Å². The Morgan fingerprint density at radius 3 is 2.36 bits per heavy atom. The Morgan fingerprint density at radius 1 is 1.36 bits per heavy atom. The SMILES string of the molecule is CCCC[C@@H](CC)[C@@H](O)CF. The third-order valence-electron chi connectivity index (χ3n) is 2.16. The summed E-state index contributed by atoms with van der Waals surface area (Å²) in [6.07, 6.45) is 3.32. The summed E-state index contributed by atoms with van der Waals surface area (Å²) >= 11 is 0. The van der Waals surface area contributed by atoms with Crippen molar-refractivity contribution in [1.29, 1.82) is 0 Å². The van der Waals surface area contributed by atoms with Gasteiger partial charge in [-0.3, -0.25) is 0 Å². The zero-order valence-electron chi connectivity index (χ0n) is 7.52. The van der Waals surface area contributed by atoms with Gasteiger partial charge in [0, 0.05) is 0 Å². The fourth-order valence-electron chi connectivity index (χ4n) is 1.26. The highest BCUT2D eigenvalue weighted by Crippen LogP contribution is 2.16. The van der Waals surface area contributed by atoms with Crippen LogP contribution in [-0.2, 0) is 0 Å². The monoisotopic (exact) mass is 162 g/mol. The lowest BCUT2D eigenvalue weighted by molar-refractivity contribution is 0.0732. The standard InChI is InChI=1S/C9H19FO/c1-3-5-6-8(4-2)9(11)7-10/h8-9,11H,3-7H2,1-2H3/t8-,9+/m1/s1. The smallest absolute Gasteiger partial charge is 0.116 e. The van der Waals surface area contributed by atoms with Crippen molar-refractivity contribution >= 4 is 0 Å². The molecular weight excluding hydrogens is 143 g/mol. The van der Waals surface area contributed by atoms with E-state index in [9.17, 15) is 4.39 Å². The van der Waals surface area contributed by atoms with Gasteiger partial charge in [0.15, 0.2) is 0 Å². The van der Waals surface area contributed by atoms with Gasteiger partial charge in [-0.25, -0.2) is 4.39 Å². The minimum Gasteiger partial charge on any atom is -0.390 e. The van der Waals surface area contributed by atoms with Gasteiger partial charge in [0.1, 0.15) is 6.67 Å². The molecule has 0 fully saturated rings. The van der Waals surface area contributed by atoms with Crippen LogP contribution in [0.1, 0.15) is 39.5 Å². The van der Waals surface area contributed by atoms with Gasteiger partial charge in [0.2, 0.25) is 0 Å². The molecule has 11 heavy (non-hydrogen) atoms.